The first-order chi connectivity index (χ1) is 18.3. The normalized spacial score (nSPS) is 21.7. The second kappa shape index (κ2) is 12.0. The number of nitrogens with zero attached hydrogens (tertiary/aromatic N) is 5. The zero-order valence-corrected chi connectivity index (χ0v) is 22.9. The van der Waals surface area contributed by atoms with Gasteiger partial charge in [-0.2, -0.15) is 5.26 Å². The molecule has 202 valence electrons. The van der Waals surface area contributed by atoms with E-state index in [1.54, 1.807) is 19.4 Å². The molecule has 10 nitrogen and oxygen atoms in total. The van der Waals surface area contributed by atoms with E-state index in [1.165, 1.54) is 11.3 Å². The second-order valence-corrected chi connectivity index (χ2v) is 11.1. The van der Waals surface area contributed by atoms with Crippen molar-refractivity contribution in [3.63, 3.8) is 0 Å². The first-order valence-electron chi connectivity index (χ1n) is 13.0. The Kier molecular flexibility index (Phi) is 8.76. The summed E-state index contributed by atoms with van der Waals surface area (Å²) in [6.07, 6.45) is 7.64. The number of aromatic nitrogens is 2. The Bertz CT molecular complexity index is 1240. The minimum absolute atomic E-state index is 0.0205. The molecule has 1 aliphatic carbocycles. The molecule has 0 saturated carbocycles. The Morgan fingerprint density at radius 1 is 1.47 bits per heavy atom. The molecule has 1 aliphatic heterocycles. The molecular weight excluding hydrogens is 500 g/mol. The van der Waals surface area contributed by atoms with Gasteiger partial charge in [0, 0.05) is 50.0 Å². The van der Waals surface area contributed by atoms with E-state index in [9.17, 15) is 10.1 Å². The molecule has 0 spiro atoms. The third kappa shape index (κ3) is 5.57. The molecule has 2 aliphatic rings. The summed E-state index contributed by atoms with van der Waals surface area (Å²) in [5.74, 6) is 0.0805. The lowest BCUT2D eigenvalue weighted by molar-refractivity contribution is -0.125. The Labute approximate surface area is 228 Å². The van der Waals surface area contributed by atoms with Crippen LogP contribution in [0.3, 0.4) is 0 Å². The Hall–Kier alpha value is -3.33. The number of amides is 1. The van der Waals surface area contributed by atoms with Crippen LogP contribution in [0.1, 0.15) is 54.3 Å². The molecule has 1 fully saturated rings. The molecule has 0 bridgehead atoms. The molecule has 1 amide bonds. The van der Waals surface area contributed by atoms with Gasteiger partial charge in [0.25, 0.3) is 0 Å². The number of nitrogens with one attached hydrogen (secondary N) is 2. The SMILES string of the molecule is C=C[C@H]1CN(CCCOC)CCCN1c1nccc(C(=N)NC(=O)[C@@]2(C)CCCc3sc(N)c(C#N)c32)n1. The van der Waals surface area contributed by atoms with Crippen molar-refractivity contribution < 1.29 is 9.53 Å². The average molecular weight is 537 g/mol. The highest BCUT2D eigenvalue weighted by Gasteiger charge is 2.43. The molecule has 4 rings (SSSR count). The van der Waals surface area contributed by atoms with Crippen LogP contribution in [0.15, 0.2) is 24.9 Å². The molecule has 4 N–H and O–H groups in total. The van der Waals surface area contributed by atoms with E-state index in [4.69, 9.17) is 15.9 Å². The number of hydrogen-bond acceptors (Lipinski definition) is 10. The van der Waals surface area contributed by atoms with Crippen LogP contribution in [0.25, 0.3) is 0 Å². The van der Waals surface area contributed by atoms with E-state index in [-0.39, 0.29) is 17.8 Å². The van der Waals surface area contributed by atoms with Crippen molar-refractivity contribution in [3.8, 4) is 6.07 Å². The lowest BCUT2D eigenvalue weighted by Gasteiger charge is -2.33. The maximum absolute atomic E-state index is 13.5. The number of nitrogens with two attached hydrogens (primary N) is 1. The van der Waals surface area contributed by atoms with Crippen molar-refractivity contribution >= 4 is 34.0 Å². The highest BCUT2D eigenvalue weighted by Crippen LogP contribution is 2.45. The van der Waals surface area contributed by atoms with Gasteiger partial charge in [0.05, 0.1) is 17.0 Å². The molecule has 2 atom stereocenters. The summed E-state index contributed by atoms with van der Waals surface area (Å²) in [5.41, 5.74) is 6.56. The summed E-state index contributed by atoms with van der Waals surface area (Å²) in [7, 11) is 1.72. The van der Waals surface area contributed by atoms with Crippen LogP contribution in [0.2, 0.25) is 0 Å². The summed E-state index contributed by atoms with van der Waals surface area (Å²) in [6, 6.07) is 3.83. The van der Waals surface area contributed by atoms with E-state index in [2.05, 4.69) is 37.7 Å². The number of aryl methyl sites for hydroxylation is 1. The first-order valence-corrected chi connectivity index (χ1v) is 13.8. The van der Waals surface area contributed by atoms with Crippen LogP contribution in [0.4, 0.5) is 10.9 Å². The van der Waals surface area contributed by atoms with Gasteiger partial charge in [-0.1, -0.05) is 6.08 Å². The van der Waals surface area contributed by atoms with Crippen molar-refractivity contribution in [1.82, 2.24) is 20.2 Å². The number of nitrogen functional groups attached to an aromatic ring is 1. The molecule has 38 heavy (non-hydrogen) atoms. The predicted molar refractivity (Wildman–Crippen MR) is 150 cm³/mol. The molecular formula is C27H36N8O2S. The number of anilines is 2. The van der Waals surface area contributed by atoms with Gasteiger partial charge in [-0.15, -0.1) is 17.9 Å². The van der Waals surface area contributed by atoms with Gasteiger partial charge < -0.3 is 25.6 Å². The standard InChI is InChI=1S/C27H36N8O2S/c1-4-18-17-34(13-7-15-37-3)12-6-14-35(18)26-31-11-9-20(32-26)23(29)33-25(36)27(2)10-5-8-21-22(27)19(16-28)24(30)38-21/h4,9,11,18H,1,5-8,10,12-15,17,30H2,2-3H3,(H2,29,33,36)/t18-,27-/m0/s1. The molecule has 2 aromatic heterocycles. The summed E-state index contributed by atoms with van der Waals surface area (Å²) >= 11 is 1.38. The zero-order valence-electron chi connectivity index (χ0n) is 22.1. The number of thiophene rings is 1. The van der Waals surface area contributed by atoms with Gasteiger partial charge in [0.1, 0.15) is 16.8 Å². The summed E-state index contributed by atoms with van der Waals surface area (Å²) in [4.78, 5) is 28.2. The molecule has 2 aromatic rings. The van der Waals surface area contributed by atoms with Gasteiger partial charge in [0.2, 0.25) is 11.9 Å². The third-order valence-corrected chi connectivity index (χ3v) is 8.54. The third-order valence-electron chi connectivity index (χ3n) is 7.46. The van der Waals surface area contributed by atoms with Crippen LogP contribution >= 0.6 is 11.3 Å². The summed E-state index contributed by atoms with van der Waals surface area (Å²) in [6.45, 7) is 10.1. The van der Waals surface area contributed by atoms with Gasteiger partial charge in [-0.05, 0) is 51.6 Å². The van der Waals surface area contributed by atoms with Crippen molar-refractivity contribution in [1.29, 1.82) is 10.7 Å². The van der Waals surface area contributed by atoms with Crippen molar-refractivity contribution in [2.24, 2.45) is 0 Å². The van der Waals surface area contributed by atoms with Crippen LogP contribution < -0.4 is 16.0 Å². The van der Waals surface area contributed by atoms with Gasteiger partial charge in [-0.25, -0.2) is 9.97 Å². The average Bonchev–Trinajstić information content (AvgIpc) is 3.11. The number of carbonyl (C=O) groups excluding carboxylic acids is 1. The smallest absolute Gasteiger partial charge is 0.236 e. The minimum Gasteiger partial charge on any atom is -0.389 e. The fraction of sp³-hybridized carbons (Fsp3) is 0.519. The summed E-state index contributed by atoms with van der Waals surface area (Å²) < 4.78 is 5.20. The Morgan fingerprint density at radius 3 is 3.03 bits per heavy atom. The number of nitriles is 1. The van der Waals surface area contributed by atoms with Crippen LogP contribution in [-0.4, -0.2) is 72.5 Å². The lowest BCUT2D eigenvalue weighted by Crippen LogP contribution is -2.47. The molecule has 0 unspecified atom stereocenters. The highest BCUT2D eigenvalue weighted by atomic mass is 32.1. The maximum atomic E-state index is 13.5. The largest absolute Gasteiger partial charge is 0.389 e. The van der Waals surface area contributed by atoms with Crippen molar-refractivity contribution in [2.75, 3.05) is 50.5 Å². The molecule has 0 aromatic carbocycles. The number of hydrogen-bond donors (Lipinski definition) is 3. The lowest BCUT2D eigenvalue weighted by atomic mass is 9.72. The molecule has 11 heteroatoms. The number of amidine groups is 1. The fourth-order valence-corrected chi connectivity index (χ4v) is 6.63. The van der Waals surface area contributed by atoms with Crippen LogP contribution in [-0.2, 0) is 21.4 Å². The quantitative estimate of drug-likeness (QED) is 0.202. The van der Waals surface area contributed by atoms with E-state index < -0.39 is 5.41 Å². The van der Waals surface area contributed by atoms with Gasteiger partial charge in [-0.3, -0.25) is 10.2 Å². The topological polar surface area (TPSA) is 144 Å². The Morgan fingerprint density at radius 2 is 2.29 bits per heavy atom. The van der Waals surface area contributed by atoms with E-state index >= 15 is 0 Å². The second-order valence-electron chi connectivity index (χ2n) is 10.0. The maximum Gasteiger partial charge on any atom is 0.236 e. The van der Waals surface area contributed by atoms with Crippen molar-refractivity contribution in [2.45, 2.75) is 50.5 Å². The van der Waals surface area contributed by atoms with E-state index in [1.807, 2.05) is 13.0 Å². The monoisotopic (exact) mass is 536 g/mol. The van der Waals surface area contributed by atoms with Gasteiger partial charge >= 0.3 is 0 Å². The highest BCUT2D eigenvalue weighted by molar-refractivity contribution is 7.16. The van der Waals surface area contributed by atoms with Crippen LogP contribution in [0.5, 0.6) is 0 Å². The number of methoxy groups -OCH3 is 1. The first kappa shape index (κ1) is 27.7. The fourth-order valence-electron chi connectivity index (χ4n) is 5.43. The minimum atomic E-state index is -0.945. The molecule has 0 radical (unpaired) electrons. The number of carbonyl (C=O) groups is 1. The van der Waals surface area contributed by atoms with E-state index in [0.717, 1.165) is 63.3 Å². The predicted octanol–water partition coefficient (Wildman–Crippen LogP) is 2.83. The van der Waals surface area contributed by atoms with Gasteiger partial charge in [0.15, 0.2) is 5.84 Å². The Balaban J connectivity index is 1.50. The van der Waals surface area contributed by atoms with E-state index in [0.29, 0.717) is 34.2 Å². The molecule has 1 saturated heterocycles. The van der Waals surface area contributed by atoms with Crippen molar-refractivity contribution in [3.05, 3.63) is 46.6 Å². The van der Waals surface area contributed by atoms with Crippen LogP contribution in [0, 0.1) is 16.7 Å². The molecule has 3 heterocycles. The number of fused-ring (bicyclic) bond motifs is 1. The number of ether oxygens (including phenoxy) is 1. The summed E-state index contributed by atoms with van der Waals surface area (Å²) in [5, 5.41) is 21.6. The zero-order chi connectivity index (χ0) is 27.3. The number of rotatable bonds is 8.